The van der Waals surface area contributed by atoms with Crippen LogP contribution in [0.2, 0.25) is 0 Å². The molecule has 0 atom stereocenters. The Kier molecular flexibility index (Phi) is 5.36. The van der Waals surface area contributed by atoms with E-state index in [0.29, 0.717) is 17.9 Å². The number of hydrogen-bond donors (Lipinski definition) is 1. The van der Waals surface area contributed by atoms with E-state index in [9.17, 15) is 9.18 Å². The van der Waals surface area contributed by atoms with Gasteiger partial charge in [0.1, 0.15) is 12.4 Å². The standard InChI is InChI=1S/C14H18FN5O/c1-2-3-4-9-16-13(21)10-20-18-14(17-19-20)11-5-7-12(15)8-6-11/h5-8H,2-4,9-10H2,1H3,(H,16,21). The van der Waals surface area contributed by atoms with Crippen LogP contribution in [0.3, 0.4) is 0 Å². The highest BCUT2D eigenvalue weighted by Gasteiger charge is 2.09. The minimum Gasteiger partial charge on any atom is -0.354 e. The van der Waals surface area contributed by atoms with E-state index >= 15 is 0 Å². The Morgan fingerprint density at radius 3 is 2.76 bits per heavy atom. The maximum atomic E-state index is 12.8. The van der Waals surface area contributed by atoms with E-state index in [-0.39, 0.29) is 18.3 Å². The summed E-state index contributed by atoms with van der Waals surface area (Å²) >= 11 is 0. The summed E-state index contributed by atoms with van der Waals surface area (Å²) < 4.78 is 12.8. The van der Waals surface area contributed by atoms with Crippen LogP contribution in [-0.2, 0) is 11.3 Å². The highest BCUT2D eigenvalue weighted by atomic mass is 19.1. The van der Waals surface area contributed by atoms with Crippen LogP contribution in [0.25, 0.3) is 11.4 Å². The van der Waals surface area contributed by atoms with Gasteiger partial charge >= 0.3 is 0 Å². The lowest BCUT2D eigenvalue weighted by Gasteiger charge is -2.03. The number of halogens is 1. The summed E-state index contributed by atoms with van der Waals surface area (Å²) in [5.74, 6) is -0.0967. The van der Waals surface area contributed by atoms with Crippen LogP contribution in [0.1, 0.15) is 26.2 Å². The van der Waals surface area contributed by atoms with Crippen molar-refractivity contribution in [1.29, 1.82) is 0 Å². The monoisotopic (exact) mass is 291 g/mol. The van der Waals surface area contributed by atoms with Crippen molar-refractivity contribution in [3.05, 3.63) is 30.1 Å². The van der Waals surface area contributed by atoms with Gasteiger partial charge in [-0.25, -0.2) is 4.39 Å². The highest BCUT2D eigenvalue weighted by Crippen LogP contribution is 2.13. The lowest BCUT2D eigenvalue weighted by atomic mass is 10.2. The first-order valence-corrected chi connectivity index (χ1v) is 6.99. The lowest BCUT2D eigenvalue weighted by Crippen LogP contribution is -2.29. The summed E-state index contributed by atoms with van der Waals surface area (Å²) in [4.78, 5) is 12.9. The fourth-order valence-corrected chi connectivity index (χ4v) is 1.81. The van der Waals surface area contributed by atoms with Crippen LogP contribution in [0, 0.1) is 5.82 Å². The van der Waals surface area contributed by atoms with Crippen LogP contribution in [0.4, 0.5) is 4.39 Å². The average molecular weight is 291 g/mol. The molecule has 21 heavy (non-hydrogen) atoms. The van der Waals surface area contributed by atoms with E-state index < -0.39 is 0 Å². The van der Waals surface area contributed by atoms with Gasteiger partial charge in [-0.05, 0) is 35.9 Å². The number of carbonyl (C=O) groups is 1. The molecule has 6 nitrogen and oxygen atoms in total. The maximum Gasteiger partial charge on any atom is 0.243 e. The molecule has 0 aliphatic carbocycles. The maximum absolute atomic E-state index is 12.8. The third-order valence-electron chi connectivity index (χ3n) is 2.94. The summed E-state index contributed by atoms with van der Waals surface area (Å²) in [5, 5.41) is 14.6. The molecule has 7 heteroatoms. The van der Waals surface area contributed by atoms with Gasteiger partial charge in [0.25, 0.3) is 0 Å². The molecule has 0 unspecified atom stereocenters. The predicted octanol–water partition coefficient (Wildman–Crippen LogP) is 1.79. The number of amides is 1. The van der Waals surface area contributed by atoms with Crippen LogP contribution < -0.4 is 5.32 Å². The normalized spacial score (nSPS) is 10.6. The van der Waals surface area contributed by atoms with Crippen molar-refractivity contribution in [2.75, 3.05) is 6.54 Å². The summed E-state index contributed by atoms with van der Waals surface area (Å²) in [6, 6.07) is 5.80. The van der Waals surface area contributed by atoms with Gasteiger partial charge in [0.15, 0.2) is 0 Å². The SMILES string of the molecule is CCCCCNC(=O)Cn1nnc(-c2ccc(F)cc2)n1. The van der Waals surface area contributed by atoms with Crippen LogP contribution in [0.5, 0.6) is 0 Å². The van der Waals surface area contributed by atoms with Crippen LogP contribution >= 0.6 is 0 Å². The molecule has 0 saturated heterocycles. The topological polar surface area (TPSA) is 72.7 Å². The first-order valence-electron chi connectivity index (χ1n) is 6.99. The van der Waals surface area contributed by atoms with Crippen LogP contribution in [0.15, 0.2) is 24.3 Å². The molecule has 0 aliphatic heterocycles. The van der Waals surface area contributed by atoms with Crippen molar-refractivity contribution in [3.63, 3.8) is 0 Å². The summed E-state index contributed by atoms with van der Waals surface area (Å²) in [7, 11) is 0. The van der Waals surface area contributed by atoms with Gasteiger partial charge in [0.2, 0.25) is 11.7 Å². The fraction of sp³-hybridized carbons (Fsp3) is 0.429. The van der Waals surface area contributed by atoms with E-state index in [1.165, 1.54) is 16.9 Å². The molecule has 1 heterocycles. The molecule has 1 N–H and O–H groups in total. The third-order valence-corrected chi connectivity index (χ3v) is 2.94. The quantitative estimate of drug-likeness (QED) is 0.789. The number of nitrogens with zero attached hydrogens (tertiary/aromatic N) is 4. The van der Waals surface area contributed by atoms with E-state index in [1.807, 2.05) is 0 Å². The Balaban J connectivity index is 1.88. The molecule has 0 bridgehead atoms. The number of carbonyl (C=O) groups excluding carboxylic acids is 1. The zero-order chi connectivity index (χ0) is 15.1. The molecule has 0 aliphatic rings. The second-order valence-electron chi connectivity index (χ2n) is 4.71. The molecule has 0 radical (unpaired) electrons. The number of rotatable bonds is 7. The predicted molar refractivity (Wildman–Crippen MR) is 75.7 cm³/mol. The lowest BCUT2D eigenvalue weighted by molar-refractivity contribution is -0.122. The highest BCUT2D eigenvalue weighted by molar-refractivity contribution is 5.75. The number of nitrogens with one attached hydrogen (secondary N) is 1. The Morgan fingerprint density at radius 1 is 1.29 bits per heavy atom. The van der Waals surface area contributed by atoms with Gasteiger partial charge in [-0.2, -0.15) is 4.80 Å². The van der Waals surface area contributed by atoms with Crippen molar-refractivity contribution in [3.8, 4) is 11.4 Å². The molecule has 112 valence electrons. The first kappa shape index (κ1) is 15.1. The van der Waals surface area contributed by atoms with Gasteiger partial charge in [-0.15, -0.1) is 10.2 Å². The molecule has 0 saturated carbocycles. The van der Waals surface area contributed by atoms with Crippen molar-refractivity contribution in [1.82, 2.24) is 25.5 Å². The van der Waals surface area contributed by atoms with Gasteiger partial charge < -0.3 is 5.32 Å². The zero-order valence-electron chi connectivity index (χ0n) is 11.9. The molecule has 1 aromatic heterocycles. The van der Waals surface area contributed by atoms with Crippen molar-refractivity contribution >= 4 is 5.91 Å². The molecule has 0 spiro atoms. The molecule has 0 fully saturated rings. The van der Waals surface area contributed by atoms with Gasteiger partial charge in [-0.1, -0.05) is 19.8 Å². The Morgan fingerprint density at radius 2 is 2.05 bits per heavy atom. The number of benzene rings is 1. The Bertz CT molecular complexity index is 581. The minimum absolute atomic E-state index is 0.0281. The van der Waals surface area contributed by atoms with Gasteiger partial charge in [0.05, 0.1) is 0 Å². The molecular formula is C14H18FN5O. The van der Waals surface area contributed by atoms with Crippen molar-refractivity contribution < 1.29 is 9.18 Å². The minimum atomic E-state index is -0.322. The molecule has 2 rings (SSSR count). The molecule has 1 aromatic carbocycles. The number of aromatic nitrogens is 4. The fourth-order valence-electron chi connectivity index (χ4n) is 1.81. The largest absolute Gasteiger partial charge is 0.354 e. The van der Waals surface area contributed by atoms with Crippen molar-refractivity contribution in [2.45, 2.75) is 32.7 Å². The van der Waals surface area contributed by atoms with E-state index in [4.69, 9.17) is 0 Å². The van der Waals surface area contributed by atoms with Crippen molar-refractivity contribution in [2.24, 2.45) is 0 Å². The van der Waals surface area contributed by atoms with Gasteiger partial charge in [-0.3, -0.25) is 4.79 Å². The zero-order valence-corrected chi connectivity index (χ0v) is 11.9. The number of unbranched alkanes of at least 4 members (excludes halogenated alkanes) is 2. The number of tetrazole rings is 1. The van der Waals surface area contributed by atoms with Gasteiger partial charge in [0, 0.05) is 12.1 Å². The molecular weight excluding hydrogens is 273 g/mol. The Hall–Kier alpha value is -2.31. The van der Waals surface area contributed by atoms with E-state index in [0.717, 1.165) is 19.3 Å². The second-order valence-corrected chi connectivity index (χ2v) is 4.71. The number of hydrogen-bond acceptors (Lipinski definition) is 4. The average Bonchev–Trinajstić information content (AvgIpc) is 2.93. The summed E-state index contributed by atoms with van der Waals surface area (Å²) in [6.45, 7) is 2.80. The molecule has 1 amide bonds. The van der Waals surface area contributed by atoms with E-state index in [1.54, 1.807) is 12.1 Å². The summed E-state index contributed by atoms with van der Waals surface area (Å²) in [6.07, 6.45) is 3.17. The molecule has 2 aromatic rings. The second kappa shape index (κ2) is 7.47. The van der Waals surface area contributed by atoms with Crippen LogP contribution in [-0.4, -0.2) is 32.7 Å². The third kappa shape index (κ3) is 4.62. The van der Waals surface area contributed by atoms with E-state index in [2.05, 4.69) is 27.7 Å². The first-order chi connectivity index (χ1) is 10.2. The Labute approximate surface area is 122 Å². The summed E-state index contributed by atoms with van der Waals surface area (Å²) in [5.41, 5.74) is 0.658. The smallest absolute Gasteiger partial charge is 0.243 e.